The predicted octanol–water partition coefficient (Wildman–Crippen LogP) is 2.87. The highest BCUT2D eigenvalue weighted by Gasteiger charge is 2.30. The molecule has 7 heteroatoms. The zero-order valence-corrected chi connectivity index (χ0v) is 12.3. The van der Waals surface area contributed by atoms with E-state index in [1.165, 1.54) is 11.3 Å². The lowest BCUT2D eigenvalue weighted by Crippen LogP contribution is -2.22. The van der Waals surface area contributed by atoms with Gasteiger partial charge >= 0.3 is 0 Å². The van der Waals surface area contributed by atoms with Crippen LogP contribution in [-0.4, -0.2) is 26.9 Å². The predicted molar refractivity (Wildman–Crippen MR) is 68.9 cm³/mol. The van der Waals surface area contributed by atoms with Crippen LogP contribution in [0.2, 0.25) is 4.34 Å². The van der Waals surface area contributed by atoms with E-state index in [9.17, 15) is 8.42 Å². The van der Waals surface area contributed by atoms with Crippen molar-refractivity contribution in [1.29, 1.82) is 0 Å². The molecule has 1 aromatic rings. The van der Waals surface area contributed by atoms with Gasteiger partial charge in [0.05, 0.1) is 17.6 Å². The molecule has 0 aliphatic carbocycles. The van der Waals surface area contributed by atoms with E-state index in [-0.39, 0.29) is 11.0 Å². The molecule has 0 amide bonds. The summed E-state index contributed by atoms with van der Waals surface area (Å²) in [6.07, 6.45) is 0.600. The second-order valence-electron chi connectivity index (χ2n) is 3.63. The van der Waals surface area contributed by atoms with Crippen molar-refractivity contribution in [1.82, 2.24) is 0 Å². The quantitative estimate of drug-likeness (QED) is 0.846. The van der Waals surface area contributed by atoms with Crippen LogP contribution in [0.4, 0.5) is 0 Å². The van der Waals surface area contributed by atoms with E-state index in [1.54, 1.807) is 6.07 Å². The fraction of sp³-hybridized carbons (Fsp3) is 0.556. The number of sulfone groups is 1. The van der Waals surface area contributed by atoms with Crippen LogP contribution in [0.3, 0.4) is 0 Å². The van der Waals surface area contributed by atoms with Gasteiger partial charge in [-0.3, -0.25) is 0 Å². The van der Waals surface area contributed by atoms with Crippen molar-refractivity contribution in [2.45, 2.75) is 17.4 Å². The van der Waals surface area contributed by atoms with E-state index in [2.05, 4.69) is 15.9 Å². The minimum Gasteiger partial charge on any atom is -0.380 e. The van der Waals surface area contributed by atoms with Crippen LogP contribution in [-0.2, 0) is 20.3 Å². The first-order valence-electron chi connectivity index (χ1n) is 4.72. The monoisotopic (exact) mass is 344 g/mol. The SMILES string of the molecule is O=S(=O)(Cc1cc(Br)c(Cl)s1)C1CCOC1. The molecule has 0 aromatic carbocycles. The summed E-state index contributed by atoms with van der Waals surface area (Å²) in [6.45, 7) is 0.862. The van der Waals surface area contributed by atoms with E-state index in [1.807, 2.05) is 0 Å². The highest BCUT2D eigenvalue weighted by molar-refractivity contribution is 9.10. The van der Waals surface area contributed by atoms with Crippen molar-refractivity contribution in [2.75, 3.05) is 13.2 Å². The Kier molecular flexibility index (Phi) is 3.96. The highest BCUT2D eigenvalue weighted by atomic mass is 79.9. The maximum atomic E-state index is 12.0. The molecule has 0 spiro atoms. The number of ether oxygens (including phenoxy) is 1. The zero-order valence-electron chi connectivity index (χ0n) is 8.28. The normalized spacial score (nSPS) is 21.5. The summed E-state index contributed by atoms with van der Waals surface area (Å²) >= 11 is 10.4. The Balaban J connectivity index is 2.14. The summed E-state index contributed by atoms with van der Waals surface area (Å²) in [5.74, 6) is 0.0526. The number of halogens is 2. The Labute approximate surface area is 112 Å². The largest absolute Gasteiger partial charge is 0.380 e. The van der Waals surface area contributed by atoms with Crippen LogP contribution in [0.1, 0.15) is 11.3 Å². The number of thiophene rings is 1. The van der Waals surface area contributed by atoms with Crippen LogP contribution in [0, 0.1) is 0 Å². The minimum atomic E-state index is -3.11. The van der Waals surface area contributed by atoms with Gasteiger partial charge in [-0.15, -0.1) is 11.3 Å². The van der Waals surface area contributed by atoms with Gasteiger partial charge in [0.1, 0.15) is 4.34 Å². The maximum absolute atomic E-state index is 12.0. The number of rotatable bonds is 3. The summed E-state index contributed by atoms with van der Waals surface area (Å²) in [7, 11) is -3.11. The average molecular weight is 346 g/mol. The maximum Gasteiger partial charge on any atom is 0.160 e. The molecule has 2 heterocycles. The van der Waals surface area contributed by atoms with E-state index >= 15 is 0 Å². The molecule has 1 atom stereocenters. The molecule has 0 bridgehead atoms. The van der Waals surface area contributed by atoms with E-state index in [4.69, 9.17) is 16.3 Å². The molecular weight excluding hydrogens is 336 g/mol. The van der Waals surface area contributed by atoms with E-state index < -0.39 is 9.84 Å². The molecule has 0 saturated carbocycles. The van der Waals surface area contributed by atoms with Gasteiger partial charge in [-0.1, -0.05) is 11.6 Å². The Bertz CT molecular complexity index is 457. The Morgan fingerprint density at radius 2 is 2.38 bits per heavy atom. The number of hydrogen-bond acceptors (Lipinski definition) is 4. The fourth-order valence-electron chi connectivity index (χ4n) is 1.57. The van der Waals surface area contributed by atoms with Crippen molar-refractivity contribution < 1.29 is 13.2 Å². The molecule has 1 saturated heterocycles. The Morgan fingerprint density at radius 1 is 1.62 bits per heavy atom. The van der Waals surface area contributed by atoms with Crippen molar-refractivity contribution >= 4 is 48.7 Å². The molecule has 0 radical (unpaired) electrons. The van der Waals surface area contributed by atoms with Crippen LogP contribution in [0.25, 0.3) is 0 Å². The smallest absolute Gasteiger partial charge is 0.160 e. The van der Waals surface area contributed by atoms with E-state index in [0.717, 1.165) is 9.35 Å². The third-order valence-electron chi connectivity index (χ3n) is 2.44. The van der Waals surface area contributed by atoms with Gasteiger partial charge in [-0.2, -0.15) is 0 Å². The molecule has 1 unspecified atom stereocenters. The molecule has 1 aliphatic rings. The van der Waals surface area contributed by atoms with Crippen LogP contribution in [0.5, 0.6) is 0 Å². The summed E-state index contributed by atoms with van der Waals surface area (Å²) < 4.78 is 30.4. The summed E-state index contributed by atoms with van der Waals surface area (Å²) in [6, 6.07) is 1.76. The molecule has 2 rings (SSSR count). The topological polar surface area (TPSA) is 43.4 Å². The lowest BCUT2D eigenvalue weighted by atomic mass is 10.4. The third kappa shape index (κ3) is 2.79. The molecule has 1 aromatic heterocycles. The molecule has 1 aliphatic heterocycles. The average Bonchev–Trinajstić information content (AvgIpc) is 2.77. The van der Waals surface area contributed by atoms with Crippen LogP contribution < -0.4 is 0 Å². The van der Waals surface area contributed by atoms with Gasteiger partial charge in [0, 0.05) is 16.0 Å². The molecule has 1 fully saturated rings. The summed E-state index contributed by atoms with van der Waals surface area (Å²) in [4.78, 5) is 0.767. The zero-order chi connectivity index (χ0) is 11.8. The van der Waals surface area contributed by atoms with Gasteiger partial charge in [0.2, 0.25) is 0 Å². The first kappa shape index (κ1) is 12.8. The van der Waals surface area contributed by atoms with E-state index in [0.29, 0.717) is 24.0 Å². The van der Waals surface area contributed by atoms with Gasteiger partial charge in [-0.25, -0.2) is 8.42 Å². The second-order valence-corrected chi connectivity index (χ2v) is 8.50. The standard InChI is InChI=1S/C9H10BrClO3S2/c10-8-3-6(15-9(8)11)5-16(12,13)7-1-2-14-4-7/h3,7H,1-2,4-5H2. The molecule has 3 nitrogen and oxygen atoms in total. The minimum absolute atomic E-state index is 0.0526. The Morgan fingerprint density at radius 3 is 2.88 bits per heavy atom. The van der Waals surface area contributed by atoms with Crippen molar-refractivity contribution in [3.63, 3.8) is 0 Å². The lowest BCUT2D eigenvalue weighted by Gasteiger charge is -2.07. The van der Waals surface area contributed by atoms with Crippen molar-refractivity contribution in [2.24, 2.45) is 0 Å². The van der Waals surface area contributed by atoms with Gasteiger partial charge in [0.15, 0.2) is 9.84 Å². The molecular formula is C9H10BrClO3S2. The van der Waals surface area contributed by atoms with Crippen LogP contribution in [0.15, 0.2) is 10.5 Å². The third-order valence-corrected chi connectivity index (χ3v) is 7.19. The highest BCUT2D eigenvalue weighted by Crippen LogP contribution is 2.33. The first-order chi connectivity index (χ1) is 7.49. The number of hydrogen-bond donors (Lipinski definition) is 0. The molecule has 16 heavy (non-hydrogen) atoms. The molecule has 90 valence electrons. The van der Waals surface area contributed by atoms with Gasteiger partial charge in [0.25, 0.3) is 0 Å². The first-order valence-corrected chi connectivity index (χ1v) is 8.42. The lowest BCUT2D eigenvalue weighted by molar-refractivity contribution is 0.198. The molecule has 0 N–H and O–H groups in total. The van der Waals surface area contributed by atoms with Crippen molar-refractivity contribution in [3.8, 4) is 0 Å². The van der Waals surface area contributed by atoms with Gasteiger partial charge < -0.3 is 4.74 Å². The van der Waals surface area contributed by atoms with Crippen LogP contribution >= 0.6 is 38.9 Å². The fourth-order valence-corrected chi connectivity index (χ4v) is 5.36. The van der Waals surface area contributed by atoms with Gasteiger partial charge in [-0.05, 0) is 28.4 Å². The second kappa shape index (κ2) is 4.94. The van der Waals surface area contributed by atoms with Crippen molar-refractivity contribution in [3.05, 3.63) is 19.8 Å². The summed E-state index contributed by atoms with van der Waals surface area (Å²) in [5, 5.41) is -0.354. The summed E-state index contributed by atoms with van der Waals surface area (Å²) in [5.41, 5.74) is 0. The Hall–Kier alpha value is 0.380.